The maximum absolute atomic E-state index is 11.8. The highest BCUT2D eigenvalue weighted by Gasteiger charge is 2.37. The first-order chi connectivity index (χ1) is 19.1. The average molecular weight is 543 g/mol. The van der Waals surface area contributed by atoms with Crippen LogP contribution in [0.1, 0.15) is 92.5 Å². The molecule has 0 aliphatic carbocycles. The van der Waals surface area contributed by atoms with E-state index in [1.165, 1.54) is 27.8 Å². The van der Waals surface area contributed by atoms with E-state index < -0.39 is 11.4 Å². The molecule has 1 saturated heterocycles. The third kappa shape index (κ3) is 6.41. The quantitative estimate of drug-likeness (QED) is 0.282. The summed E-state index contributed by atoms with van der Waals surface area (Å²) in [6.45, 7) is 17.6. The molecule has 0 atom stereocenters. The molecular weight excluding hydrogens is 496 g/mol. The summed E-state index contributed by atoms with van der Waals surface area (Å²) in [7, 11) is 0. The van der Waals surface area contributed by atoms with Crippen molar-refractivity contribution in [3.63, 3.8) is 0 Å². The van der Waals surface area contributed by atoms with Crippen molar-refractivity contribution in [1.82, 2.24) is 9.88 Å². The zero-order chi connectivity index (χ0) is 29.0. The van der Waals surface area contributed by atoms with Crippen molar-refractivity contribution in [1.29, 1.82) is 0 Å². The van der Waals surface area contributed by atoms with E-state index >= 15 is 0 Å². The molecule has 1 N–H and O–H groups in total. The van der Waals surface area contributed by atoms with Gasteiger partial charge in [-0.2, -0.15) is 0 Å². The molecule has 1 fully saturated rings. The molecule has 4 rings (SSSR count). The molecule has 214 valence electrons. The fourth-order valence-electron chi connectivity index (χ4n) is 5.74. The van der Waals surface area contributed by atoms with Crippen LogP contribution in [0.25, 0.3) is 11.3 Å². The Balaban J connectivity index is 1.72. The number of hydrogen-bond donors (Lipinski definition) is 1. The van der Waals surface area contributed by atoms with Crippen LogP contribution in [-0.4, -0.2) is 34.0 Å². The Morgan fingerprint density at radius 2 is 1.68 bits per heavy atom. The van der Waals surface area contributed by atoms with Gasteiger partial charge >= 0.3 is 5.97 Å². The molecule has 0 spiro atoms. The van der Waals surface area contributed by atoms with Gasteiger partial charge in [-0.3, -0.25) is 14.7 Å². The third-order valence-electron chi connectivity index (χ3n) is 8.80. The van der Waals surface area contributed by atoms with Crippen LogP contribution in [0, 0.1) is 19.3 Å². The predicted octanol–water partition coefficient (Wildman–Crippen LogP) is 7.88. The van der Waals surface area contributed by atoms with Gasteiger partial charge in [0.2, 0.25) is 0 Å². The lowest BCUT2D eigenvalue weighted by Gasteiger charge is -2.36. The van der Waals surface area contributed by atoms with Gasteiger partial charge < -0.3 is 9.84 Å². The minimum Gasteiger partial charge on any atom is -0.489 e. The van der Waals surface area contributed by atoms with Crippen molar-refractivity contribution in [3.8, 4) is 17.0 Å². The topological polar surface area (TPSA) is 62.7 Å². The van der Waals surface area contributed by atoms with Crippen LogP contribution in [0.5, 0.6) is 5.75 Å². The third-order valence-corrected chi connectivity index (χ3v) is 8.80. The number of rotatable bonds is 10. The van der Waals surface area contributed by atoms with Gasteiger partial charge in [0, 0.05) is 23.4 Å². The van der Waals surface area contributed by atoms with Crippen LogP contribution in [0.2, 0.25) is 0 Å². The summed E-state index contributed by atoms with van der Waals surface area (Å²) in [5.74, 6) is 0.661. The summed E-state index contributed by atoms with van der Waals surface area (Å²) < 4.78 is 6.49. The zero-order valence-electron chi connectivity index (χ0n) is 25.4. The second-order valence-electron chi connectivity index (χ2n) is 12.0. The van der Waals surface area contributed by atoms with Gasteiger partial charge in [-0.1, -0.05) is 58.0 Å². The molecule has 0 radical (unpaired) electrons. The number of piperidine rings is 1. The van der Waals surface area contributed by atoms with Gasteiger partial charge in [-0.05, 0) is 105 Å². The number of carboxylic acids is 1. The van der Waals surface area contributed by atoms with Crippen molar-refractivity contribution in [2.24, 2.45) is 5.41 Å². The molecule has 5 heteroatoms. The first-order valence-corrected chi connectivity index (χ1v) is 14.9. The standard InChI is InChI=1S/C35H46N2O3/c1-8-26-11-10-12-27(9-2)33(26)31-19-29(21-37-17-15-35(7,16-18-37)34(38)39)30(25(6)36-31)22-40-32-20-28(23(3)4)14-13-24(32)5/h10-14,19-20,23H,8-9,15-18,21-22H2,1-7H3,(H,38,39). The Kier molecular flexibility index (Phi) is 9.35. The number of nitrogens with zero attached hydrogens (tertiary/aromatic N) is 2. The number of ether oxygens (including phenoxy) is 1. The normalized spacial score (nSPS) is 15.4. The van der Waals surface area contributed by atoms with Crippen LogP contribution >= 0.6 is 0 Å². The Bertz CT molecular complexity index is 1330. The van der Waals surface area contributed by atoms with Crippen molar-refractivity contribution in [2.45, 2.75) is 93.2 Å². The maximum atomic E-state index is 11.8. The van der Waals surface area contributed by atoms with Crippen molar-refractivity contribution >= 4 is 5.97 Å². The minimum absolute atomic E-state index is 0.434. The second-order valence-corrected chi connectivity index (χ2v) is 12.0. The largest absolute Gasteiger partial charge is 0.489 e. The summed E-state index contributed by atoms with van der Waals surface area (Å²) in [5.41, 5.74) is 9.99. The molecule has 1 aliphatic rings. The molecule has 2 heterocycles. The molecule has 0 bridgehead atoms. The van der Waals surface area contributed by atoms with E-state index in [2.05, 4.69) is 88.9 Å². The molecule has 3 aromatic rings. The van der Waals surface area contributed by atoms with Gasteiger partial charge in [0.05, 0.1) is 11.1 Å². The van der Waals surface area contributed by atoms with Crippen molar-refractivity contribution in [2.75, 3.05) is 13.1 Å². The van der Waals surface area contributed by atoms with Crippen LogP contribution < -0.4 is 4.74 Å². The van der Waals surface area contributed by atoms with E-state index in [4.69, 9.17) is 9.72 Å². The monoisotopic (exact) mass is 542 g/mol. The van der Waals surface area contributed by atoms with Crippen molar-refractivity contribution in [3.05, 3.63) is 81.5 Å². The average Bonchev–Trinajstić information content (AvgIpc) is 2.93. The first kappa shape index (κ1) is 29.8. The van der Waals surface area contributed by atoms with E-state index in [-0.39, 0.29) is 0 Å². The summed E-state index contributed by atoms with van der Waals surface area (Å²) in [6.07, 6.45) is 3.22. The molecule has 40 heavy (non-hydrogen) atoms. The summed E-state index contributed by atoms with van der Waals surface area (Å²) >= 11 is 0. The predicted molar refractivity (Wildman–Crippen MR) is 163 cm³/mol. The lowest BCUT2D eigenvalue weighted by molar-refractivity contribution is -0.150. The minimum atomic E-state index is -0.689. The Morgan fingerprint density at radius 1 is 1.02 bits per heavy atom. The van der Waals surface area contributed by atoms with Crippen LogP contribution in [0.3, 0.4) is 0 Å². The maximum Gasteiger partial charge on any atom is 0.309 e. The van der Waals surface area contributed by atoms with Crippen LogP contribution in [-0.2, 0) is 30.8 Å². The van der Waals surface area contributed by atoms with Gasteiger partial charge in [0.1, 0.15) is 12.4 Å². The number of likely N-dealkylation sites (tertiary alicyclic amines) is 1. The molecular formula is C35H46N2O3. The SMILES string of the molecule is CCc1cccc(CC)c1-c1cc(CN2CCC(C)(C(=O)O)CC2)c(COc2cc(C(C)C)ccc2C)c(C)n1. The lowest BCUT2D eigenvalue weighted by Crippen LogP contribution is -2.42. The molecule has 0 amide bonds. The number of carboxylic acid groups (broad SMARTS) is 1. The van der Waals surface area contributed by atoms with E-state index in [1.807, 2.05) is 6.92 Å². The van der Waals surface area contributed by atoms with Gasteiger partial charge in [-0.15, -0.1) is 0 Å². The molecule has 2 aromatic carbocycles. The highest BCUT2D eigenvalue weighted by molar-refractivity contribution is 5.74. The van der Waals surface area contributed by atoms with Gasteiger partial charge in [0.25, 0.3) is 0 Å². The van der Waals surface area contributed by atoms with E-state index in [0.29, 0.717) is 25.4 Å². The molecule has 0 saturated carbocycles. The number of benzene rings is 2. The Morgan fingerprint density at radius 3 is 2.25 bits per heavy atom. The van der Waals surface area contributed by atoms with E-state index in [1.54, 1.807) is 0 Å². The second kappa shape index (κ2) is 12.6. The van der Waals surface area contributed by atoms with Crippen molar-refractivity contribution < 1.29 is 14.6 Å². The van der Waals surface area contributed by atoms with Gasteiger partial charge in [-0.25, -0.2) is 0 Å². The molecule has 5 nitrogen and oxygen atoms in total. The smallest absolute Gasteiger partial charge is 0.309 e. The first-order valence-electron chi connectivity index (χ1n) is 14.9. The molecule has 1 aliphatic heterocycles. The number of pyridine rings is 1. The lowest BCUT2D eigenvalue weighted by atomic mass is 9.80. The van der Waals surface area contributed by atoms with Crippen LogP contribution in [0.4, 0.5) is 0 Å². The fraction of sp³-hybridized carbons (Fsp3) is 0.486. The number of aliphatic carboxylic acids is 1. The van der Waals surface area contributed by atoms with Gasteiger partial charge in [0.15, 0.2) is 0 Å². The van der Waals surface area contributed by atoms with E-state index in [0.717, 1.165) is 60.7 Å². The fourth-order valence-corrected chi connectivity index (χ4v) is 5.74. The summed E-state index contributed by atoms with van der Waals surface area (Å²) in [6, 6.07) is 15.3. The highest BCUT2D eigenvalue weighted by Crippen LogP contribution is 2.34. The number of hydrogen-bond acceptors (Lipinski definition) is 4. The zero-order valence-corrected chi connectivity index (χ0v) is 25.4. The van der Waals surface area contributed by atoms with E-state index in [9.17, 15) is 9.90 Å². The Labute approximate surface area is 240 Å². The summed E-state index contributed by atoms with van der Waals surface area (Å²) in [5, 5.41) is 9.73. The highest BCUT2D eigenvalue weighted by atomic mass is 16.5. The summed E-state index contributed by atoms with van der Waals surface area (Å²) in [4.78, 5) is 19.4. The number of aromatic nitrogens is 1. The Hall–Kier alpha value is -3.18. The number of carbonyl (C=O) groups is 1. The molecule has 1 aromatic heterocycles. The molecule has 0 unspecified atom stereocenters. The number of aryl methyl sites for hydroxylation is 4. The van der Waals surface area contributed by atoms with Crippen LogP contribution in [0.15, 0.2) is 42.5 Å².